The number of aryl methyl sites for hydroxylation is 1. The molecule has 7 heteroatoms. The second-order valence-electron chi connectivity index (χ2n) is 7.20. The molecule has 0 aliphatic heterocycles. The molecule has 160 valence electrons. The van der Waals surface area contributed by atoms with Crippen molar-refractivity contribution < 1.29 is 18.7 Å². The second-order valence-corrected chi connectivity index (χ2v) is 7.20. The Kier molecular flexibility index (Phi) is 9.50. The molecule has 0 atom stereocenters. The van der Waals surface area contributed by atoms with Crippen LogP contribution in [0.3, 0.4) is 0 Å². The Balaban J connectivity index is 2.10. The van der Waals surface area contributed by atoms with Crippen molar-refractivity contribution >= 4 is 11.8 Å². The van der Waals surface area contributed by atoms with Crippen LogP contribution in [0, 0.1) is 0 Å². The highest BCUT2D eigenvalue weighted by molar-refractivity contribution is 5.84. The molecule has 0 unspecified atom stereocenters. The van der Waals surface area contributed by atoms with Crippen LogP contribution in [-0.2, 0) is 34.5 Å². The van der Waals surface area contributed by atoms with Gasteiger partial charge >= 0.3 is 0 Å². The summed E-state index contributed by atoms with van der Waals surface area (Å²) in [5.41, 5.74) is 1.02. The smallest absolute Gasteiger partial charge is 0.242 e. The van der Waals surface area contributed by atoms with E-state index in [4.69, 9.17) is 9.15 Å². The van der Waals surface area contributed by atoms with Gasteiger partial charge in [-0.3, -0.25) is 9.59 Å². The third-order valence-electron chi connectivity index (χ3n) is 4.88. The van der Waals surface area contributed by atoms with Crippen LogP contribution in [0.2, 0.25) is 0 Å². The molecule has 0 bridgehead atoms. The molecule has 0 spiro atoms. The Morgan fingerprint density at radius 2 is 1.93 bits per heavy atom. The minimum absolute atomic E-state index is 0.0214. The first kappa shape index (κ1) is 22.7. The van der Waals surface area contributed by atoms with Gasteiger partial charge in [0.1, 0.15) is 5.76 Å². The molecule has 2 aromatic rings. The fraction of sp³-hybridized carbons (Fsp3) is 0.545. The zero-order valence-corrected chi connectivity index (χ0v) is 17.8. The summed E-state index contributed by atoms with van der Waals surface area (Å²) >= 11 is 0. The maximum Gasteiger partial charge on any atom is 0.242 e. The quantitative estimate of drug-likeness (QED) is 0.482. The molecule has 0 aromatic carbocycles. The lowest BCUT2D eigenvalue weighted by molar-refractivity contribution is -0.141. The predicted octanol–water partition coefficient (Wildman–Crippen LogP) is 3.20. The number of carbonyl (C=O) groups is 2. The van der Waals surface area contributed by atoms with Gasteiger partial charge in [0.05, 0.1) is 25.9 Å². The molecule has 0 radical (unpaired) electrons. The lowest BCUT2D eigenvalue weighted by Crippen LogP contribution is -2.43. The van der Waals surface area contributed by atoms with Crippen LogP contribution in [-0.4, -0.2) is 53.0 Å². The van der Waals surface area contributed by atoms with E-state index in [1.807, 2.05) is 42.1 Å². The van der Waals surface area contributed by atoms with E-state index >= 15 is 0 Å². The van der Waals surface area contributed by atoms with Crippen LogP contribution in [0.5, 0.6) is 0 Å². The summed E-state index contributed by atoms with van der Waals surface area (Å²) in [4.78, 5) is 29.2. The van der Waals surface area contributed by atoms with Crippen molar-refractivity contribution in [1.82, 2.24) is 14.4 Å². The Labute approximate surface area is 173 Å². The summed E-state index contributed by atoms with van der Waals surface area (Å²) in [6.45, 7) is 4.02. The van der Waals surface area contributed by atoms with Gasteiger partial charge in [-0.2, -0.15) is 0 Å². The molecule has 0 saturated heterocycles. The SMILES string of the molecule is CCCCC(=O)N(CCCOC)CC(=O)N(Cc1ccco1)Cc1cccn1C. The zero-order chi connectivity index (χ0) is 21.1. The minimum Gasteiger partial charge on any atom is -0.467 e. The second kappa shape index (κ2) is 12.1. The minimum atomic E-state index is -0.0927. The fourth-order valence-corrected chi connectivity index (χ4v) is 3.12. The van der Waals surface area contributed by atoms with Crippen LogP contribution < -0.4 is 0 Å². The molecular weight excluding hydrogens is 370 g/mol. The molecule has 0 aliphatic carbocycles. The van der Waals surface area contributed by atoms with Gasteiger partial charge in [-0.1, -0.05) is 13.3 Å². The molecule has 2 heterocycles. The number of hydrogen-bond acceptors (Lipinski definition) is 4. The van der Waals surface area contributed by atoms with E-state index in [2.05, 4.69) is 6.92 Å². The van der Waals surface area contributed by atoms with Gasteiger partial charge in [0.2, 0.25) is 11.8 Å². The molecule has 29 heavy (non-hydrogen) atoms. The predicted molar refractivity (Wildman–Crippen MR) is 111 cm³/mol. The maximum atomic E-state index is 13.2. The first-order chi connectivity index (χ1) is 14.0. The Morgan fingerprint density at radius 3 is 2.55 bits per heavy atom. The molecule has 7 nitrogen and oxygen atoms in total. The highest BCUT2D eigenvalue weighted by Crippen LogP contribution is 2.13. The van der Waals surface area contributed by atoms with E-state index in [9.17, 15) is 9.59 Å². The van der Waals surface area contributed by atoms with Crippen LogP contribution in [0.25, 0.3) is 0 Å². The van der Waals surface area contributed by atoms with Crippen molar-refractivity contribution in [2.45, 2.75) is 45.7 Å². The average molecular weight is 404 g/mol. The Morgan fingerprint density at radius 1 is 1.10 bits per heavy atom. The van der Waals surface area contributed by atoms with Gasteiger partial charge in [-0.15, -0.1) is 0 Å². The topological polar surface area (TPSA) is 67.9 Å². The van der Waals surface area contributed by atoms with E-state index in [1.54, 1.807) is 23.2 Å². The van der Waals surface area contributed by atoms with Crippen LogP contribution >= 0.6 is 0 Å². The third kappa shape index (κ3) is 7.42. The summed E-state index contributed by atoms with van der Waals surface area (Å²) in [7, 11) is 3.59. The number of nitrogens with zero attached hydrogens (tertiary/aromatic N) is 3. The molecule has 0 aliphatic rings. The van der Waals surface area contributed by atoms with E-state index in [0.29, 0.717) is 39.1 Å². The third-order valence-corrected chi connectivity index (χ3v) is 4.88. The average Bonchev–Trinajstić information content (AvgIpc) is 3.36. The van der Waals surface area contributed by atoms with E-state index in [1.165, 1.54) is 0 Å². The van der Waals surface area contributed by atoms with E-state index in [-0.39, 0.29) is 18.4 Å². The van der Waals surface area contributed by atoms with Crippen LogP contribution in [0.1, 0.15) is 44.1 Å². The summed E-state index contributed by atoms with van der Waals surface area (Å²) < 4.78 is 12.6. The van der Waals surface area contributed by atoms with Gasteiger partial charge in [-0.05, 0) is 37.1 Å². The number of methoxy groups -OCH3 is 1. The number of aromatic nitrogens is 1. The lowest BCUT2D eigenvalue weighted by Gasteiger charge is -2.27. The largest absolute Gasteiger partial charge is 0.467 e. The number of rotatable bonds is 13. The fourth-order valence-electron chi connectivity index (χ4n) is 3.12. The van der Waals surface area contributed by atoms with Crippen LogP contribution in [0.4, 0.5) is 0 Å². The van der Waals surface area contributed by atoms with Crippen molar-refractivity contribution in [2.24, 2.45) is 7.05 Å². The van der Waals surface area contributed by atoms with Crippen LogP contribution in [0.15, 0.2) is 41.1 Å². The molecule has 0 saturated carbocycles. The summed E-state index contributed by atoms with van der Waals surface area (Å²) in [6, 6.07) is 7.61. The summed E-state index contributed by atoms with van der Waals surface area (Å²) in [5, 5.41) is 0. The number of hydrogen-bond donors (Lipinski definition) is 0. The first-order valence-corrected chi connectivity index (χ1v) is 10.2. The first-order valence-electron chi connectivity index (χ1n) is 10.2. The zero-order valence-electron chi connectivity index (χ0n) is 17.8. The van der Waals surface area contributed by atoms with Crippen molar-refractivity contribution in [3.05, 3.63) is 48.2 Å². The number of carbonyl (C=O) groups excluding carboxylic acids is 2. The molecule has 2 rings (SSSR count). The molecule has 2 amide bonds. The highest BCUT2D eigenvalue weighted by atomic mass is 16.5. The number of amides is 2. The summed E-state index contributed by atoms with van der Waals surface area (Å²) in [5.74, 6) is 0.647. The molecule has 0 N–H and O–H groups in total. The number of furan rings is 1. The van der Waals surface area contributed by atoms with Gasteiger partial charge in [-0.25, -0.2) is 0 Å². The van der Waals surface area contributed by atoms with Crippen molar-refractivity contribution in [1.29, 1.82) is 0 Å². The number of unbranched alkanes of at least 4 members (excludes halogenated alkanes) is 1. The Bertz CT molecular complexity index is 739. The molecular formula is C22H33N3O4. The van der Waals surface area contributed by atoms with E-state index in [0.717, 1.165) is 24.3 Å². The van der Waals surface area contributed by atoms with E-state index < -0.39 is 0 Å². The Hall–Kier alpha value is -2.54. The molecule has 2 aromatic heterocycles. The standard InChI is InChI=1S/C22H33N3O4/c1-4-5-11-21(26)24(13-8-14-28-3)18-22(27)25(17-20-10-7-15-29-20)16-19-9-6-12-23(19)2/h6-7,9-10,12,15H,4-5,8,11,13-14,16-18H2,1-3H3. The highest BCUT2D eigenvalue weighted by Gasteiger charge is 2.22. The van der Waals surface area contributed by atoms with Crippen molar-refractivity contribution in [3.63, 3.8) is 0 Å². The normalized spacial score (nSPS) is 10.9. The van der Waals surface area contributed by atoms with Gasteiger partial charge in [0.25, 0.3) is 0 Å². The van der Waals surface area contributed by atoms with Crippen molar-refractivity contribution in [3.8, 4) is 0 Å². The maximum absolute atomic E-state index is 13.2. The lowest BCUT2D eigenvalue weighted by atomic mass is 10.2. The monoisotopic (exact) mass is 403 g/mol. The number of ether oxygens (including phenoxy) is 1. The van der Waals surface area contributed by atoms with Gasteiger partial charge in [0.15, 0.2) is 0 Å². The summed E-state index contributed by atoms with van der Waals surface area (Å²) in [6.07, 6.45) is 6.50. The van der Waals surface area contributed by atoms with Gasteiger partial charge in [0, 0.05) is 45.6 Å². The molecule has 0 fully saturated rings. The van der Waals surface area contributed by atoms with Gasteiger partial charge < -0.3 is 23.5 Å². The van der Waals surface area contributed by atoms with Crippen molar-refractivity contribution in [2.75, 3.05) is 26.8 Å².